The fraction of sp³-hybridized carbons (Fsp3) is 0.333. The summed E-state index contributed by atoms with van der Waals surface area (Å²) in [7, 11) is 0. The fourth-order valence-corrected chi connectivity index (χ4v) is 2.92. The van der Waals surface area contributed by atoms with Gasteiger partial charge in [0.05, 0.1) is 0 Å². The lowest BCUT2D eigenvalue weighted by molar-refractivity contribution is 0.476. The minimum absolute atomic E-state index is 0.188. The van der Waals surface area contributed by atoms with E-state index in [-0.39, 0.29) is 11.9 Å². The first-order valence-electron chi connectivity index (χ1n) is 6.51. The lowest BCUT2D eigenvalue weighted by Crippen LogP contribution is -2.36. The van der Waals surface area contributed by atoms with Crippen LogP contribution >= 0.6 is 11.3 Å². The van der Waals surface area contributed by atoms with Crippen molar-refractivity contribution < 1.29 is 4.39 Å². The maximum atomic E-state index is 13.1. The molecule has 0 fully saturated rings. The average molecular weight is 278 g/mol. The molecule has 1 aromatic heterocycles. The van der Waals surface area contributed by atoms with E-state index in [1.165, 1.54) is 10.9 Å². The standard InChI is InChI=1S/C15H19FN2S/c16-13-5-1-4-12(10-13)11-14(18-17)6-2-7-15-8-3-9-19-15/h1,3-5,8-10,14,18H,2,6-7,11,17H2. The monoisotopic (exact) mass is 278 g/mol. The highest BCUT2D eigenvalue weighted by Gasteiger charge is 2.08. The van der Waals surface area contributed by atoms with Crippen LogP contribution in [0.15, 0.2) is 41.8 Å². The molecular weight excluding hydrogens is 259 g/mol. The van der Waals surface area contributed by atoms with Crippen LogP contribution in [-0.2, 0) is 12.8 Å². The summed E-state index contributed by atoms with van der Waals surface area (Å²) < 4.78 is 13.1. The molecule has 0 saturated heterocycles. The largest absolute Gasteiger partial charge is 0.271 e. The van der Waals surface area contributed by atoms with Crippen molar-refractivity contribution in [3.63, 3.8) is 0 Å². The van der Waals surface area contributed by atoms with Gasteiger partial charge in [0.25, 0.3) is 0 Å². The van der Waals surface area contributed by atoms with Crippen LogP contribution in [0.3, 0.4) is 0 Å². The van der Waals surface area contributed by atoms with Crippen LogP contribution in [-0.4, -0.2) is 6.04 Å². The van der Waals surface area contributed by atoms with E-state index in [0.717, 1.165) is 31.2 Å². The second-order valence-corrected chi connectivity index (χ2v) is 5.70. The molecule has 2 nitrogen and oxygen atoms in total. The predicted molar refractivity (Wildman–Crippen MR) is 78.5 cm³/mol. The number of nitrogens with two attached hydrogens (primary N) is 1. The second kappa shape index (κ2) is 7.38. The van der Waals surface area contributed by atoms with Gasteiger partial charge in [0.2, 0.25) is 0 Å². The third kappa shape index (κ3) is 4.74. The van der Waals surface area contributed by atoms with E-state index in [0.29, 0.717) is 0 Å². The Morgan fingerprint density at radius 3 is 2.84 bits per heavy atom. The zero-order chi connectivity index (χ0) is 13.5. The van der Waals surface area contributed by atoms with E-state index >= 15 is 0 Å². The molecule has 0 radical (unpaired) electrons. The van der Waals surface area contributed by atoms with Crippen molar-refractivity contribution in [3.8, 4) is 0 Å². The zero-order valence-corrected chi connectivity index (χ0v) is 11.6. The Hall–Kier alpha value is -1.23. The maximum absolute atomic E-state index is 13.1. The van der Waals surface area contributed by atoms with E-state index in [9.17, 15) is 4.39 Å². The van der Waals surface area contributed by atoms with Crippen molar-refractivity contribution in [2.24, 2.45) is 5.84 Å². The molecule has 0 bridgehead atoms. The molecule has 0 amide bonds. The van der Waals surface area contributed by atoms with E-state index in [4.69, 9.17) is 5.84 Å². The first-order valence-corrected chi connectivity index (χ1v) is 7.39. The van der Waals surface area contributed by atoms with Gasteiger partial charge in [-0.05, 0) is 54.8 Å². The molecule has 1 heterocycles. The minimum Gasteiger partial charge on any atom is -0.271 e. The third-order valence-electron chi connectivity index (χ3n) is 3.16. The van der Waals surface area contributed by atoms with E-state index in [1.54, 1.807) is 23.5 Å². The highest BCUT2D eigenvalue weighted by molar-refractivity contribution is 7.09. The Bertz CT molecular complexity index is 485. The van der Waals surface area contributed by atoms with Gasteiger partial charge in [-0.15, -0.1) is 11.3 Å². The summed E-state index contributed by atoms with van der Waals surface area (Å²) in [4.78, 5) is 1.40. The quantitative estimate of drug-likeness (QED) is 0.602. The Kier molecular flexibility index (Phi) is 5.51. The summed E-state index contributed by atoms with van der Waals surface area (Å²) in [5, 5.41) is 2.10. The van der Waals surface area contributed by atoms with Gasteiger partial charge in [-0.2, -0.15) is 0 Å². The van der Waals surface area contributed by atoms with Crippen LogP contribution in [0, 0.1) is 5.82 Å². The molecule has 19 heavy (non-hydrogen) atoms. The molecule has 0 aliphatic carbocycles. The normalized spacial score (nSPS) is 12.5. The molecule has 0 spiro atoms. The highest BCUT2D eigenvalue weighted by Crippen LogP contribution is 2.14. The maximum Gasteiger partial charge on any atom is 0.123 e. The van der Waals surface area contributed by atoms with Crippen molar-refractivity contribution in [2.45, 2.75) is 31.7 Å². The number of hydrazine groups is 1. The van der Waals surface area contributed by atoms with Gasteiger partial charge in [0.15, 0.2) is 0 Å². The molecule has 2 aromatic rings. The van der Waals surface area contributed by atoms with E-state index in [2.05, 4.69) is 22.9 Å². The topological polar surface area (TPSA) is 38.0 Å². The number of aryl methyl sites for hydroxylation is 1. The molecule has 2 rings (SSSR count). The summed E-state index contributed by atoms with van der Waals surface area (Å²) in [6.07, 6.45) is 3.92. The van der Waals surface area contributed by atoms with Gasteiger partial charge in [0, 0.05) is 10.9 Å². The molecule has 0 saturated carbocycles. The molecule has 0 aliphatic heterocycles. The molecule has 1 unspecified atom stereocenters. The summed E-state index contributed by atoms with van der Waals surface area (Å²) >= 11 is 1.79. The van der Waals surface area contributed by atoms with Crippen LogP contribution in [0.1, 0.15) is 23.3 Å². The lowest BCUT2D eigenvalue weighted by atomic mass is 10.0. The Morgan fingerprint density at radius 1 is 1.26 bits per heavy atom. The fourth-order valence-electron chi connectivity index (χ4n) is 2.17. The zero-order valence-electron chi connectivity index (χ0n) is 10.8. The number of hydrogen-bond donors (Lipinski definition) is 2. The molecule has 4 heteroatoms. The van der Waals surface area contributed by atoms with Gasteiger partial charge >= 0.3 is 0 Å². The molecular formula is C15H19FN2S. The number of halogens is 1. The average Bonchev–Trinajstić information content (AvgIpc) is 2.91. The van der Waals surface area contributed by atoms with Crippen LogP contribution < -0.4 is 11.3 Å². The van der Waals surface area contributed by atoms with Crippen LogP contribution in [0.2, 0.25) is 0 Å². The van der Waals surface area contributed by atoms with Gasteiger partial charge in [-0.1, -0.05) is 18.2 Å². The van der Waals surface area contributed by atoms with Crippen LogP contribution in [0.4, 0.5) is 4.39 Å². The second-order valence-electron chi connectivity index (χ2n) is 4.67. The predicted octanol–water partition coefficient (Wildman–Crippen LogP) is 3.28. The summed E-state index contributed by atoms with van der Waals surface area (Å²) in [6.45, 7) is 0. The van der Waals surface area contributed by atoms with E-state index < -0.39 is 0 Å². The van der Waals surface area contributed by atoms with Crippen LogP contribution in [0.25, 0.3) is 0 Å². The molecule has 1 aromatic carbocycles. The van der Waals surface area contributed by atoms with E-state index in [1.807, 2.05) is 6.07 Å². The summed E-state index contributed by atoms with van der Waals surface area (Å²) in [5.41, 5.74) is 3.82. The molecule has 102 valence electrons. The number of nitrogens with one attached hydrogen (secondary N) is 1. The molecule has 3 N–H and O–H groups in total. The number of thiophene rings is 1. The number of hydrogen-bond acceptors (Lipinski definition) is 3. The van der Waals surface area contributed by atoms with Crippen molar-refractivity contribution in [2.75, 3.05) is 0 Å². The number of benzene rings is 1. The molecule has 1 atom stereocenters. The van der Waals surface area contributed by atoms with Crippen molar-refractivity contribution in [1.29, 1.82) is 0 Å². The van der Waals surface area contributed by atoms with Crippen LogP contribution in [0.5, 0.6) is 0 Å². The lowest BCUT2D eigenvalue weighted by Gasteiger charge is -2.15. The van der Waals surface area contributed by atoms with Crippen molar-refractivity contribution >= 4 is 11.3 Å². The Labute approximate surface area is 117 Å². The van der Waals surface area contributed by atoms with Gasteiger partial charge in [-0.3, -0.25) is 11.3 Å². The minimum atomic E-state index is -0.188. The molecule has 0 aliphatic rings. The van der Waals surface area contributed by atoms with Gasteiger partial charge in [0.1, 0.15) is 5.82 Å². The van der Waals surface area contributed by atoms with Crippen molar-refractivity contribution in [3.05, 3.63) is 58.0 Å². The smallest absolute Gasteiger partial charge is 0.123 e. The Balaban J connectivity index is 1.80. The SMILES string of the molecule is NNC(CCCc1cccs1)Cc1cccc(F)c1. The van der Waals surface area contributed by atoms with Gasteiger partial charge in [-0.25, -0.2) is 4.39 Å². The first kappa shape index (κ1) is 14.2. The first-order chi connectivity index (χ1) is 9.28. The highest BCUT2D eigenvalue weighted by atomic mass is 32.1. The number of rotatable bonds is 7. The van der Waals surface area contributed by atoms with Gasteiger partial charge < -0.3 is 0 Å². The third-order valence-corrected chi connectivity index (χ3v) is 4.10. The summed E-state index contributed by atoms with van der Waals surface area (Å²) in [5.74, 6) is 5.39. The van der Waals surface area contributed by atoms with Crippen molar-refractivity contribution in [1.82, 2.24) is 5.43 Å². The summed E-state index contributed by atoms with van der Waals surface area (Å²) in [6, 6.07) is 11.1. The Morgan fingerprint density at radius 2 is 2.16 bits per heavy atom.